The molecule has 4 heteroatoms. The lowest BCUT2D eigenvalue weighted by molar-refractivity contribution is 0.205. The minimum atomic E-state index is -0.572. The third-order valence-corrected chi connectivity index (χ3v) is 3.87. The summed E-state index contributed by atoms with van der Waals surface area (Å²) < 4.78 is 5.17. The Morgan fingerprint density at radius 3 is 2.74 bits per heavy atom. The van der Waals surface area contributed by atoms with Crippen molar-refractivity contribution in [2.75, 3.05) is 18.6 Å². The van der Waals surface area contributed by atoms with Gasteiger partial charge in [-0.1, -0.05) is 24.3 Å². The maximum absolute atomic E-state index is 10.2. The Hall–Kier alpha value is -1.65. The Morgan fingerprint density at radius 1 is 1.21 bits per heavy atom. The first-order valence-corrected chi connectivity index (χ1v) is 6.98. The van der Waals surface area contributed by atoms with E-state index in [-0.39, 0.29) is 0 Å². The second kappa shape index (κ2) is 6.50. The summed E-state index contributed by atoms with van der Waals surface area (Å²) in [6.45, 7) is 0. The molecular weight excluding hydrogens is 258 g/mol. The van der Waals surface area contributed by atoms with Crippen molar-refractivity contribution in [2.24, 2.45) is 0 Å². The molecule has 0 aliphatic heterocycles. The fourth-order valence-electron chi connectivity index (χ4n) is 1.77. The number of methoxy groups -OCH3 is 1. The molecule has 0 aliphatic rings. The maximum atomic E-state index is 10.2. The summed E-state index contributed by atoms with van der Waals surface area (Å²) >= 11 is 1.58. The number of aliphatic hydroxyl groups is 1. The van der Waals surface area contributed by atoms with Gasteiger partial charge in [0.25, 0.3) is 0 Å². The summed E-state index contributed by atoms with van der Waals surface area (Å²) in [6, 6.07) is 15.2. The molecule has 2 rings (SSSR count). The molecule has 0 heterocycles. The molecule has 3 N–H and O–H groups in total. The molecule has 19 heavy (non-hydrogen) atoms. The summed E-state index contributed by atoms with van der Waals surface area (Å²) in [6.07, 6.45) is -0.572. The van der Waals surface area contributed by atoms with Crippen molar-refractivity contribution in [1.29, 1.82) is 0 Å². The van der Waals surface area contributed by atoms with Crippen molar-refractivity contribution in [3.8, 4) is 5.75 Å². The van der Waals surface area contributed by atoms with Crippen molar-refractivity contribution in [3.05, 3.63) is 54.1 Å². The first kappa shape index (κ1) is 13.8. The molecule has 0 saturated carbocycles. The van der Waals surface area contributed by atoms with Crippen LogP contribution in [0.4, 0.5) is 5.69 Å². The molecule has 1 unspecified atom stereocenters. The lowest BCUT2D eigenvalue weighted by Crippen LogP contribution is -2.04. The molecule has 0 aliphatic carbocycles. The second-order valence-electron chi connectivity index (χ2n) is 4.13. The van der Waals surface area contributed by atoms with Crippen LogP contribution in [0.3, 0.4) is 0 Å². The number of benzene rings is 2. The molecule has 0 fully saturated rings. The Morgan fingerprint density at radius 2 is 2.00 bits per heavy atom. The monoisotopic (exact) mass is 275 g/mol. The normalized spacial score (nSPS) is 12.1. The summed E-state index contributed by atoms with van der Waals surface area (Å²) in [5.41, 5.74) is 7.25. The maximum Gasteiger partial charge on any atom is 0.119 e. The van der Waals surface area contributed by atoms with Crippen LogP contribution in [0.25, 0.3) is 0 Å². The number of ether oxygens (including phenoxy) is 1. The Balaban J connectivity index is 2.00. The SMILES string of the molecule is COc1cccc(SCC(O)c2ccccc2N)c1. The average molecular weight is 275 g/mol. The number of nitrogens with two attached hydrogens (primary N) is 1. The van der Waals surface area contributed by atoms with Crippen molar-refractivity contribution in [2.45, 2.75) is 11.0 Å². The van der Waals surface area contributed by atoms with Crippen LogP contribution < -0.4 is 10.5 Å². The highest BCUT2D eigenvalue weighted by molar-refractivity contribution is 7.99. The molecule has 0 bridgehead atoms. The highest BCUT2D eigenvalue weighted by Gasteiger charge is 2.11. The van der Waals surface area contributed by atoms with E-state index in [9.17, 15) is 5.11 Å². The smallest absolute Gasteiger partial charge is 0.119 e. The quantitative estimate of drug-likeness (QED) is 0.650. The molecule has 0 radical (unpaired) electrons. The van der Waals surface area contributed by atoms with Crippen molar-refractivity contribution < 1.29 is 9.84 Å². The fourth-order valence-corrected chi connectivity index (χ4v) is 2.67. The van der Waals surface area contributed by atoms with Gasteiger partial charge in [0.05, 0.1) is 13.2 Å². The van der Waals surface area contributed by atoms with E-state index in [2.05, 4.69) is 0 Å². The third kappa shape index (κ3) is 3.66. The van der Waals surface area contributed by atoms with E-state index in [1.807, 2.05) is 42.5 Å². The van der Waals surface area contributed by atoms with Gasteiger partial charge in [0.15, 0.2) is 0 Å². The van der Waals surface area contributed by atoms with Crippen LogP contribution in [-0.2, 0) is 0 Å². The summed E-state index contributed by atoms with van der Waals surface area (Å²) in [4.78, 5) is 1.06. The number of nitrogen functional groups attached to an aromatic ring is 1. The van der Waals surface area contributed by atoms with Crippen LogP contribution in [0.2, 0.25) is 0 Å². The van der Waals surface area contributed by atoms with Gasteiger partial charge in [-0.25, -0.2) is 0 Å². The van der Waals surface area contributed by atoms with Gasteiger partial charge in [-0.2, -0.15) is 0 Å². The van der Waals surface area contributed by atoms with Gasteiger partial charge in [-0.15, -0.1) is 11.8 Å². The zero-order valence-corrected chi connectivity index (χ0v) is 11.6. The van der Waals surface area contributed by atoms with Gasteiger partial charge in [-0.05, 0) is 24.3 Å². The predicted molar refractivity (Wildman–Crippen MR) is 79.5 cm³/mol. The second-order valence-corrected chi connectivity index (χ2v) is 5.23. The Labute approximate surface area is 117 Å². The highest BCUT2D eigenvalue weighted by atomic mass is 32.2. The van der Waals surface area contributed by atoms with Crippen LogP contribution in [0.1, 0.15) is 11.7 Å². The van der Waals surface area contributed by atoms with E-state index in [1.54, 1.807) is 24.9 Å². The molecule has 3 nitrogen and oxygen atoms in total. The number of hydrogen-bond acceptors (Lipinski definition) is 4. The predicted octanol–water partition coefficient (Wildman–Crippen LogP) is 3.10. The lowest BCUT2D eigenvalue weighted by atomic mass is 10.1. The standard InChI is InChI=1S/C15H17NO2S/c1-18-11-5-4-6-12(9-11)19-10-15(17)13-7-2-3-8-14(13)16/h2-9,15,17H,10,16H2,1H3. The molecule has 0 saturated heterocycles. The number of para-hydroxylation sites is 1. The summed E-state index contributed by atoms with van der Waals surface area (Å²) in [7, 11) is 1.64. The number of thioether (sulfide) groups is 1. The first-order chi connectivity index (χ1) is 9.20. The van der Waals surface area contributed by atoms with Crippen LogP contribution in [0.5, 0.6) is 5.75 Å². The van der Waals surface area contributed by atoms with E-state index in [0.717, 1.165) is 16.2 Å². The van der Waals surface area contributed by atoms with E-state index in [1.165, 1.54) is 0 Å². The molecule has 0 spiro atoms. The van der Waals surface area contributed by atoms with Gasteiger partial charge in [-0.3, -0.25) is 0 Å². The minimum Gasteiger partial charge on any atom is -0.497 e. The van der Waals surface area contributed by atoms with Crippen molar-refractivity contribution >= 4 is 17.4 Å². The van der Waals surface area contributed by atoms with Crippen LogP contribution in [0.15, 0.2) is 53.4 Å². The van der Waals surface area contributed by atoms with E-state index >= 15 is 0 Å². The van der Waals surface area contributed by atoms with Gasteiger partial charge in [0, 0.05) is 21.9 Å². The minimum absolute atomic E-state index is 0.557. The van der Waals surface area contributed by atoms with E-state index in [4.69, 9.17) is 10.5 Å². The molecule has 2 aromatic rings. The van der Waals surface area contributed by atoms with Crippen LogP contribution >= 0.6 is 11.8 Å². The number of anilines is 1. The van der Waals surface area contributed by atoms with Gasteiger partial charge in [0.1, 0.15) is 5.75 Å². The number of rotatable bonds is 5. The zero-order valence-electron chi connectivity index (χ0n) is 10.7. The first-order valence-electron chi connectivity index (χ1n) is 6.00. The van der Waals surface area contributed by atoms with Gasteiger partial charge in [0.2, 0.25) is 0 Å². The lowest BCUT2D eigenvalue weighted by Gasteiger charge is -2.13. The third-order valence-electron chi connectivity index (χ3n) is 2.80. The topological polar surface area (TPSA) is 55.5 Å². The molecule has 1 atom stereocenters. The average Bonchev–Trinajstić information content (AvgIpc) is 2.45. The highest BCUT2D eigenvalue weighted by Crippen LogP contribution is 2.29. The van der Waals surface area contributed by atoms with Gasteiger partial charge >= 0.3 is 0 Å². The number of hydrogen-bond donors (Lipinski definition) is 2. The largest absolute Gasteiger partial charge is 0.497 e. The van der Waals surface area contributed by atoms with Crippen LogP contribution in [0, 0.1) is 0 Å². The van der Waals surface area contributed by atoms with Crippen LogP contribution in [-0.4, -0.2) is 18.0 Å². The molecular formula is C15H17NO2S. The van der Waals surface area contributed by atoms with Gasteiger partial charge < -0.3 is 15.6 Å². The fraction of sp³-hybridized carbons (Fsp3) is 0.200. The summed E-state index contributed by atoms with van der Waals surface area (Å²) in [5, 5.41) is 10.2. The molecule has 0 amide bonds. The summed E-state index contributed by atoms with van der Waals surface area (Å²) in [5.74, 6) is 1.38. The van der Waals surface area contributed by atoms with E-state index in [0.29, 0.717) is 11.4 Å². The molecule has 0 aromatic heterocycles. The zero-order chi connectivity index (χ0) is 13.7. The van der Waals surface area contributed by atoms with Crippen molar-refractivity contribution in [3.63, 3.8) is 0 Å². The van der Waals surface area contributed by atoms with Crippen molar-refractivity contribution in [1.82, 2.24) is 0 Å². The Bertz CT molecular complexity index is 545. The number of aliphatic hydroxyl groups excluding tert-OH is 1. The molecule has 2 aromatic carbocycles. The van der Waals surface area contributed by atoms with E-state index < -0.39 is 6.10 Å². The molecule has 100 valence electrons. The Kier molecular flexibility index (Phi) is 4.71.